The number of benzene rings is 2. The minimum atomic E-state index is -0.686. The average Bonchev–Trinajstić information content (AvgIpc) is 3.76. The number of rotatable bonds is 13. The molecule has 3 atom stereocenters. The Bertz CT molecular complexity index is 1500. The van der Waals surface area contributed by atoms with Crippen LogP contribution in [0.1, 0.15) is 73.5 Å². The molecule has 11 heteroatoms. The molecule has 4 N–H and O–H groups in total. The van der Waals surface area contributed by atoms with E-state index in [9.17, 15) is 19.2 Å². The number of nitrogens with zero attached hydrogens (tertiary/aromatic N) is 3. The maximum atomic E-state index is 13.6. The zero-order valence-corrected chi connectivity index (χ0v) is 27.4. The van der Waals surface area contributed by atoms with Gasteiger partial charge in [0.1, 0.15) is 17.8 Å². The molecule has 1 saturated carbocycles. The summed E-state index contributed by atoms with van der Waals surface area (Å²) in [5.74, 6) is -0.798. The van der Waals surface area contributed by atoms with Gasteiger partial charge in [0.2, 0.25) is 17.7 Å². The highest BCUT2D eigenvalue weighted by Gasteiger charge is 2.33. The first-order chi connectivity index (χ1) is 22.8. The van der Waals surface area contributed by atoms with Crippen molar-refractivity contribution < 1.29 is 19.2 Å². The summed E-state index contributed by atoms with van der Waals surface area (Å²) in [4.78, 5) is 54.5. The van der Waals surface area contributed by atoms with Crippen molar-refractivity contribution in [1.29, 1.82) is 0 Å². The number of carbonyl (C=O) groups is 4. The van der Waals surface area contributed by atoms with Gasteiger partial charge in [-0.2, -0.15) is 5.10 Å². The first-order valence-electron chi connectivity index (χ1n) is 16.8. The summed E-state index contributed by atoms with van der Waals surface area (Å²) in [5, 5.41) is 16.5. The Labute approximate surface area is 276 Å². The van der Waals surface area contributed by atoms with Crippen LogP contribution < -0.4 is 21.3 Å². The second kappa shape index (κ2) is 16.4. The number of aryl methyl sites for hydroxylation is 1. The van der Waals surface area contributed by atoms with E-state index in [1.807, 2.05) is 35.2 Å². The van der Waals surface area contributed by atoms with E-state index < -0.39 is 12.1 Å². The summed E-state index contributed by atoms with van der Waals surface area (Å²) >= 11 is 0. The van der Waals surface area contributed by atoms with Crippen LogP contribution in [0.25, 0.3) is 0 Å². The Morgan fingerprint density at radius 3 is 2.32 bits per heavy atom. The highest BCUT2D eigenvalue weighted by atomic mass is 16.2. The molecule has 2 heterocycles. The number of anilines is 1. The largest absolute Gasteiger partial charge is 0.344 e. The molecular formula is C36H47N7O4. The zero-order valence-electron chi connectivity index (χ0n) is 27.4. The van der Waals surface area contributed by atoms with Gasteiger partial charge in [0, 0.05) is 57.4 Å². The molecule has 11 nitrogen and oxygen atoms in total. The van der Waals surface area contributed by atoms with Crippen LogP contribution in [-0.2, 0) is 34.4 Å². The predicted molar refractivity (Wildman–Crippen MR) is 180 cm³/mol. The van der Waals surface area contributed by atoms with Gasteiger partial charge in [-0.1, -0.05) is 68.7 Å². The molecule has 5 rings (SSSR count). The highest BCUT2D eigenvalue weighted by molar-refractivity contribution is 6.00. The molecule has 2 fully saturated rings. The van der Waals surface area contributed by atoms with Crippen molar-refractivity contribution in [3.63, 3.8) is 0 Å². The molecule has 1 aromatic heterocycles. The number of amides is 4. The van der Waals surface area contributed by atoms with Crippen molar-refractivity contribution in [1.82, 2.24) is 30.6 Å². The summed E-state index contributed by atoms with van der Waals surface area (Å²) < 4.78 is 1.50. The Hall–Kier alpha value is -4.51. The normalized spacial score (nSPS) is 17.9. The summed E-state index contributed by atoms with van der Waals surface area (Å²) in [7, 11) is 1.70. The molecule has 4 amide bonds. The van der Waals surface area contributed by atoms with Crippen molar-refractivity contribution in [3.05, 3.63) is 83.7 Å². The van der Waals surface area contributed by atoms with Gasteiger partial charge in [0.15, 0.2) is 0 Å². The van der Waals surface area contributed by atoms with Gasteiger partial charge in [-0.3, -0.25) is 23.9 Å². The van der Waals surface area contributed by atoms with Crippen molar-refractivity contribution in [2.45, 2.75) is 83.0 Å². The number of likely N-dealkylation sites (tertiary alicyclic amines) is 1. The Morgan fingerprint density at radius 2 is 1.64 bits per heavy atom. The quantitative estimate of drug-likeness (QED) is 0.225. The minimum Gasteiger partial charge on any atom is -0.344 e. The lowest BCUT2D eigenvalue weighted by Gasteiger charge is -2.30. The van der Waals surface area contributed by atoms with Crippen LogP contribution in [0.15, 0.2) is 66.9 Å². The van der Waals surface area contributed by atoms with Crippen LogP contribution in [0.4, 0.5) is 5.69 Å². The van der Waals surface area contributed by atoms with Crippen LogP contribution in [0.5, 0.6) is 0 Å². The summed E-state index contributed by atoms with van der Waals surface area (Å²) in [6.07, 6.45) is 7.98. The average molecular weight is 642 g/mol. The third-order valence-electron chi connectivity index (χ3n) is 9.30. The molecule has 2 aliphatic rings. The molecule has 0 spiro atoms. The molecule has 250 valence electrons. The van der Waals surface area contributed by atoms with Gasteiger partial charge in [0.05, 0.1) is 0 Å². The van der Waals surface area contributed by atoms with E-state index in [-0.39, 0.29) is 42.0 Å². The van der Waals surface area contributed by atoms with E-state index >= 15 is 0 Å². The van der Waals surface area contributed by atoms with Gasteiger partial charge in [-0.05, 0) is 54.5 Å². The summed E-state index contributed by atoms with van der Waals surface area (Å²) in [5.41, 5.74) is 3.06. The third-order valence-corrected chi connectivity index (χ3v) is 9.30. The van der Waals surface area contributed by atoms with Crippen molar-refractivity contribution in [3.8, 4) is 0 Å². The molecular weight excluding hydrogens is 594 g/mol. The lowest BCUT2D eigenvalue weighted by molar-refractivity contribution is -0.135. The lowest BCUT2D eigenvalue weighted by atomic mass is 9.83. The van der Waals surface area contributed by atoms with Crippen molar-refractivity contribution >= 4 is 29.3 Å². The lowest BCUT2D eigenvalue weighted by Crippen LogP contribution is -2.49. The van der Waals surface area contributed by atoms with E-state index in [2.05, 4.69) is 38.5 Å². The zero-order chi connectivity index (χ0) is 33.2. The maximum Gasteiger partial charge on any atom is 0.270 e. The van der Waals surface area contributed by atoms with Gasteiger partial charge in [-0.25, -0.2) is 0 Å². The fourth-order valence-corrected chi connectivity index (χ4v) is 6.56. The van der Waals surface area contributed by atoms with Crippen LogP contribution >= 0.6 is 0 Å². The number of hydrogen-bond donors (Lipinski definition) is 4. The Morgan fingerprint density at radius 1 is 0.894 bits per heavy atom. The first kappa shape index (κ1) is 33.8. The minimum absolute atomic E-state index is 0.0490. The fourth-order valence-electron chi connectivity index (χ4n) is 6.56. The molecule has 47 heavy (non-hydrogen) atoms. The van der Waals surface area contributed by atoms with Gasteiger partial charge in [0.25, 0.3) is 5.91 Å². The molecule has 1 saturated heterocycles. The molecule has 0 radical (unpaired) electrons. The van der Waals surface area contributed by atoms with Crippen molar-refractivity contribution in [2.75, 3.05) is 18.4 Å². The number of nitrogens with one attached hydrogen (secondary N) is 4. The van der Waals surface area contributed by atoms with Crippen LogP contribution in [-0.4, -0.2) is 69.5 Å². The molecule has 1 aliphatic carbocycles. The smallest absolute Gasteiger partial charge is 0.270 e. The van der Waals surface area contributed by atoms with Crippen LogP contribution in [0, 0.1) is 5.92 Å². The fraction of sp³-hybridized carbons (Fsp3) is 0.472. The van der Waals surface area contributed by atoms with Gasteiger partial charge in [-0.15, -0.1) is 0 Å². The molecule has 1 aliphatic heterocycles. The van der Waals surface area contributed by atoms with E-state index in [1.165, 1.54) is 10.2 Å². The standard InChI is InChI=1S/C36H47N7O4/c1-3-32(44)40-30(36(47)43-21-19-29(24-43)37-23-26-10-6-4-7-11-26)22-25-14-16-28(17-15-25)39-35(46)33(27-12-8-5-9-13-27)41-34(45)31-18-20-38-42(31)2/h4,6-7,10-11,14-18,20,27,29-30,33,37H,3,5,8-9,12-13,19,21-24H2,1-2H3,(H,39,46)(H,40,44)(H,41,45)/t29-,30-,33+/m1/s1. The Balaban J connectivity index is 1.20. The van der Waals surface area contributed by atoms with Crippen molar-refractivity contribution in [2.24, 2.45) is 13.0 Å². The van der Waals surface area contributed by atoms with E-state index in [0.717, 1.165) is 50.6 Å². The second-order valence-corrected chi connectivity index (χ2v) is 12.7. The van der Waals surface area contributed by atoms with E-state index in [1.54, 1.807) is 38.4 Å². The maximum absolute atomic E-state index is 13.6. The summed E-state index contributed by atoms with van der Waals surface area (Å²) in [6.45, 7) is 3.74. The predicted octanol–water partition coefficient (Wildman–Crippen LogP) is 3.57. The Kier molecular flexibility index (Phi) is 11.8. The first-order valence-corrected chi connectivity index (χ1v) is 16.8. The van der Waals surface area contributed by atoms with Gasteiger partial charge >= 0.3 is 0 Å². The number of hydrogen-bond acceptors (Lipinski definition) is 6. The topological polar surface area (TPSA) is 137 Å². The van der Waals surface area contributed by atoms with Gasteiger partial charge < -0.3 is 26.2 Å². The SMILES string of the molecule is CCC(=O)N[C@H](Cc1ccc(NC(=O)[C@@H](NC(=O)c2ccnn2C)C2CCCCC2)cc1)C(=O)N1CC[C@@H](NCc2ccccc2)C1. The van der Waals surface area contributed by atoms with E-state index in [0.29, 0.717) is 30.9 Å². The highest BCUT2D eigenvalue weighted by Crippen LogP contribution is 2.28. The molecule has 0 bridgehead atoms. The summed E-state index contributed by atoms with van der Waals surface area (Å²) in [6, 6.07) is 18.0. The van der Waals surface area contributed by atoms with E-state index in [4.69, 9.17) is 0 Å². The monoisotopic (exact) mass is 641 g/mol. The van der Waals surface area contributed by atoms with Crippen LogP contribution in [0.3, 0.4) is 0 Å². The molecule has 2 aromatic carbocycles. The molecule has 3 aromatic rings. The number of aromatic nitrogens is 2. The second-order valence-electron chi connectivity index (χ2n) is 12.7. The number of carbonyl (C=O) groups excluding carboxylic acids is 4. The van der Waals surface area contributed by atoms with Crippen LogP contribution in [0.2, 0.25) is 0 Å². The molecule has 0 unspecified atom stereocenters. The third kappa shape index (κ3) is 9.28.